The average molecular weight is 491 g/mol. The third kappa shape index (κ3) is 5.34. The number of nitrogens with two attached hydrogens (primary N) is 1. The molecule has 0 radical (unpaired) electrons. The number of halogens is 2. The summed E-state index contributed by atoms with van der Waals surface area (Å²) in [7, 11) is 1.67. The number of nitrogen functional groups attached to an aromatic ring is 1. The largest absolute Gasteiger partial charge is 0.474 e. The fourth-order valence-corrected chi connectivity index (χ4v) is 4.32. The zero-order valence-electron chi connectivity index (χ0n) is 19.4. The SMILES string of the molecule is CN(C(=O)NC1CC(F)(F)C1)C1CC(Oc2cc(-c3cnc(N)nc3)nc(N3CCOCC3)n2)C1. The van der Waals surface area contributed by atoms with Gasteiger partial charge in [-0.1, -0.05) is 0 Å². The Hall–Kier alpha value is -3.35. The number of carbonyl (C=O) groups excluding carboxylic acids is 1. The molecule has 11 nitrogen and oxygen atoms in total. The summed E-state index contributed by atoms with van der Waals surface area (Å²) >= 11 is 0. The van der Waals surface area contributed by atoms with Crippen molar-refractivity contribution in [2.75, 3.05) is 44.0 Å². The molecule has 3 fully saturated rings. The molecule has 13 heteroatoms. The number of anilines is 2. The molecule has 1 aliphatic heterocycles. The first-order valence-electron chi connectivity index (χ1n) is 11.6. The van der Waals surface area contributed by atoms with E-state index in [0.29, 0.717) is 62.2 Å². The number of ether oxygens (including phenoxy) is 2. The molecule has 2 aromatic rings. The summed E-state index contributed by atoms with van der Waals surface area (Å²) in [4.78, 5) is 33.3. The predicted molar refractivity (Wildman–Crippen MR) is 122 cm³/mol. The van der Waals surface area contributed by atoms with Crippen LogP contribution >= 0.6 is 0 Å². The Morgan fingerprint density at radius 3 is 2.57 bits per heavy atom. The molecule has 2 aromatic heterocycles. The van der Waals surface area contributed by atoms with Crippen LogP contribution in [0.5, 0.6) is 5.88 Å². The van der Waals surface area contributed by atoms with Crippen LogP contribution in [0.15, 0.2) is 18.5 Å². The second-order valence-electron chi connectivity index (χ2n) is 9.21. The third-order valence-corrected chi connectivity index (χ3v) is 6.60. The molecule has 3 aliphatic rings. The molecule has 3 heterocycles. The maximum atomic E-state index is 13.0. The van der Waals surface area contributed by atoms with E-state index in [9.17, 15) is 13.6 Å². The Morgan fingerprint density at radius 1 is 1.23 bits per heavy atom. The van der Waals surface area contributed by atoms with Crippen LogP contribution < -0.4 is 20.7 Å². The summed E-state index contributed by atoms with van der Waals surface area (Å²) in [6, 6.07) is 0.893. The van der Waals surface area contributed by atoms with E-state index in [1.54, 1.807) is 30.4 Å². The van der Waals surface area contributed by atoms with Crippen LogP contribution in [0.4, 0.5) is 25.5 Å². The fourth-order valence-electron chi connectivity index (χ4n) is 4.32. The molecular formula is C22H28F2N8O3. The number of rotatable bonds is 6. The van der Waals surface area contributed by atoms with Gasteiger partial charge < -0.3 is 30.3 Å². The number of amides is 2. The maximum absolute atomic E-state index is 13.0. The lowest BCUT2D eigenvalue weighted by Gasteiger charge is -2.42. The first-order chi connectivity index (χ1) is 16.8. The van der Waals surface area contributed by atoms with Crippen molar-refractivity contribution in [3.63, 3.8) is 0 Å². The first kappa shape index (κ1) is 23.4. The van der Waals surface area contributed by atoms with Gasteiger partial charge in [-0.25, -0.2) is 28.5 Å². The normalized spacial score (nSPS) is 23.7. The molecule has 35 heavy (non-hydrogen) atoms. The summed E-state index contributed by atoms with van der Waals surface area (Å²) in [5.41, 5.74) is 6.91. The standard InChI is InChI=1S/C22H28F2N8O3/c1-31(21(33)28-14-9-22(23,24)10-14)15-6-16(7-15)35-18-8-17(13-11-26-19(25)27-12-13)29-20(30-18)32-2-4-34-5-3-32/h8,11-12,14-16H,2-7,9-10H2,1H3,(H,28,33)(H2,25,26,27). The van der Waals surface area contributed by atoms with Gasteiger partial charge in [0.25, 0.3) is 5.92 Å². The number of alkyl halides is 2. The Bertz CT molecular complexity index is 1050. The predicted octanol–water partition coefficient (Wildman–Crippen LogP) is 1.70. The highest BCUT2D eigenvalue weighted by Crippen LogP contribution is 2.38. The molecular weight excluding hydrogens is 462 g/mol. The molecule has 0 atom stereocenters. The smallest absolute Gasteiger partial charge is 0.317 e. The van der Waals surface area contributed by atoms with E-state index in [2.05, 4.69) is 25.3 Å². The lowest BCUT2D eigenvalue weighted by Crippen LogP contribution is -2.57. The Kier molecular flexibility index (Phi) is 6.26. The van der Waals surface area contributed by atoms with Gasteiger partial charge in [-0.3, -0.25) is 0 Å². The van der Waals surface area contributed by atoms with E-state index in [0.717, 1.165) is 0 Å². The summed E-state index contributed by atoms with van der Waals surface area (Å²) in [6.07, 6.45) is 3.69. The molecule has 188 valence electrons. The molecule has 1 saturated heterocycles. The molecule has 2 aliphatic carbocycles. The summed E-state index contributed by atoms with van der Waals surface area (Å²) in [5, 5.41) is 2.67. The number of nitrogens with zero attached hydrogens (tertiary/aromatic N) is 6. The van der Waals surface area contributed by atoms with E-state index < -0.39 is 12.0 Å². The summed E-state index contributed by atoms with van der Waals surface area (Å²) in [5.74, 6) is -1.55. The highest BCUT2D eigenvalue weighted by molar-refractivity contribution is 5.75. The van der Waals surface area contributed by atoms with E-state index in [1.807, 2.05) is 4.90 Å². The topological polar surface area (TPSA) is 132 Å². The van der Waals surface area contributed by atoms with E-state index in [1.165, 1.54) is 0 Å². The Labute approximate surface area is 201 Å². The molecule has 5 rings (SSSR count). The van der Waals surface area contributed by atoms with Crippen LogP contribution in [-0.4, -0.2) is 88.3 Å². The molecule has 2 amide bonds. The van der Waals surface area contributed by atoms with Crippen molar-refractivity contribution in [2.45, 2.75) is 49.8 Å². The number of carbonyl (C=O) groups is 1. The number of morpholine rings is 1. The lowest BCUT2D eigenvalue weighted by molar-refractivity contribution is -0.0906. The molecule has 0 unspecified atom stereocenters. The third-order valence-electron chi connectivity index (χ3n) is 6.60. The molecule has 0 bridgehead atoms. The number of nitrogens with one attached hydrogen (secondary N) is 1. The minimum absolute atomic E-state index is 0.0360. The van der Waals surface area contributed by atoms with Gasteiger partial charge in [0.05, 0.1) is 18.9 Å². The lowest BCUT2D eigenvalue weighted by atomic mass is 9.87. The minimum Gasteiger partial charge on any atom is -0.474 e. The zero-order chi connectivity index (χ0) is 24.6. The fraction of sp³-hybridized carbons (Fsp3) is 0.591. The van der Waals surface area contributed by atoms with Crippen molar-refractivity contribution in [3.05, 3.63) is 18.5 Å². The van der Waals surface area contributed by atoms with Crippen LogP contribution in [0, 0.1) is 0 Å². The Balaban J connectivity index is 1.23. The Morgan fingerprint density at radius 2 is 1.91 bits per heavy atom. The van der Waals surface area contributed by atoms with Crippen molar-refractivity contribution in [1.82, 2.24) is 30.2 Å². The van der Waals surface area contributed by atoms with Crippen molar-refractivity contribution in [2.24, 2.45) is 0 Å². The molecule has 0 aromatic carbocycles. The van der Waals surface area contributed by atoms with Crippen LogP contribution in [0.2, 0.25) is 0 Å². The highest BCUT2D eigenvalue weighted by Gasteiger charge is 2.46. The number of hydrogen-bond acceptors (Lipinski definition) is 9. The zero-order valence-corrected chi connectivity index (χ0v) is 19.4. The van der Waals surface area contributed by atoms with E-state index in [4.69, 9.17) is 15.2 Å². The minimum atomic E-state index is -2.67. The first-order valence-corrected chi connectivity index (χ1v) is 11.6. The molecule has 0 spiro atoms. The van der Waals surface area contributed by atoms with E-state index in [-0.39, 0.29) is 37.0 Å². The average Bonchev–Trinajstić information content (AvgIpc) is 2.80. The van der Waals surface area contributed by atoms with Gasteiger partial charge in [0.15, 0.2) is 0 Å². The van der Waals surface area contributed by atoms with Crippen molar-refractivity contribution < 1.29 is 23.0 Å². The van der Waals surface area contributed by atoms with Gasteiger partial charge in [0.1, 0.15) is 6.10 Å². The molecule has 3 N–H and O–H groups in total. The van der Waals surface area contributed by atoms with Crippen LogP contribution in [0.25, 0.3) is 11.3 Å². The number of hydrogen-bond donors (Lipinski definition) is 2. The van der Waals surface area contributed by atoms with Crippen LogP contribution in [0.3, 0.4) is 0 Å². The van der Waals surface area contributed by atoms with Gasteiger partial charge in [-0.15, -0.1) is 0 Å². The van der Waals surface area contributed by atoms with Gasteiger partial charge in [0, 0.05) is 81.9 Å². The van der Waals surface area contributed by atoms with Gasteiger partial charge in [-0.05, 0) is 0 Å². The van der Waals surface area contributed by atoms with Gasteiger partial charge >= 0.3 is 6.03 Å². The van der Waals surface area contributed by atoms with E-state index >= 15 is 0 Å². The number of aromatic nitrogens is 4. The van der Waals surface area contributed by atoms with Gasteiger partial charge in [0.2, 0.25) is 17.8 Å². The maximum Gasteiger partial charge on any atom is 0.317 e. The van der Waals surface area contributed by atoms with Crippen molar-refractivity contribution in [3.8, 4) is 17.1 Å². The highest BCUT2D eigenvalue weighted by atomic mass is 19.3. The van der Waals surface area contributed by atoms with Crippen molar-refractivity contribution >= 4 is 17.9 Å². The van der Waals surface area contributed by atoms with Crippen LogP contribution in [0.1, 0.15) is 25.7 Å². The van der Waals surface area contributed by atoms with Gasteiger partial charge in [-0.2, -0.15) is 4.98 Å². The second-order valence-corrected chi connectivity index (χ2v) is 9.21. The van der Waals surface area contributed by atoms with Crippen LogP contribution in [-0.2, 0) is 4.74 Å². The summed E-state index contributed by atoms with van der Waals surface area (Å²) < 4.78 is 37.6. The molecule has 2 saturated carbocycles. The monoisotopic (exact) mass is 490 g/mol. The number of urea groups is 1. The summed E-state index contributed by atoms with van der Waals surface area (Å²) in [6.45, 7) is 2.51. The van der Waals surface area contributed by atoms with Crippen molar-refractivity contribution in [1.29, 1.82) is 0 Å². The quantitative estimate of drug-likeness (QED) is 0.621. The second kappa shape index (κ2) is 9.36.